The quantitative estimate of drug-likeness (QED) is 0.0222. The van der Waals surface area contributed by atoms with Crippen LogP contribution in [-0.4, -0.2) is 96.7 Å². The fraction of sp³-hybridized carbons (Fsp3) is 0.951. The lowest BCUT2D eigenvalue weighted by molar-refractivity contribution is -0.161. The molecule has 101 heavy (non-hydrogen) atoms. The van der Waals surface area contributed by atoms with Gasteiger partial charge < -0.3 is 33.8 Å². The number of esters is 4. The van der Waals surface area contributed by atoms with Crippen molar-refractivity contribution in [1.82, 2.24) is 0 Å². The number of hydrogen-bond acceptors (Lipinski definition) is 15. The lowest BCUT2D eigenvalue weighted by Crippen LogP contribution is -2.30. The van der Waals surface area contributed by atoms with E-state index in [1.54, 1.807) is 0 Å². The molecule has 2 unspecified atom stereocenters. The fourth-order valence-electron chi connectivity index (χ4n) is 12.8. The van der Waals surface area contributed by atoms with E-state index in [0.29, 0.717) is 25.7 Å². The Morgan fingerprint density at radius 1 is 0.238 bits per heavy atom. The number of aliphatic hydroxyl groups is 1. The molecule has 0 rings (SSSR count). The number of carbonyl (C=O) groups is 4. The number of ether oxygens (including phenoxy) is 4. The molecule has 0 radical (unpaired) electrons. The summed E-state index contributed by atoms with van der Waals surface area (Å²) >= 11 is 0. The molecule has 3 N–H and O–H groups in total. The number of rotatable bonds is 83. The van der Waals surface area contributed by atoms with Gasteiger partial charge in [-0.2, -0.15) is 0 Å². The fourth-order valence-corrected chi connectivity index (χ4v) is 14.4. The number of aliphatic hydroxyl groups excluding tert-OH is 1. The highest BCUT2D eigenvalue weighted by Gasteiger charge is 2.30. The third kappa shape index (κ3) is 76.1. The van der Waals surface area contributed by atoms with Crippen molar-refractivity contribution in [2.75, 3.05) is 39.6 Å². The highest BCUT2D eigenvalue weighted by atomic mass is 31.2. The van der Waals surface area contributed by atoms with Crippen LogP contribution in [0.15, 0.2) is 0 Å². The molecule has 0 aromatic carbocycles. The minimum Gasteiger partial charge on any atom is -0.462 e. The summed E-state index contributed by atoms with van der Waals surface area (Å²) in [5, 5.41) is 10.7. The summed E-state index contributed by atoms with van der Waals surface area (Å²) in [5.41, 5.74) is 0. The van der Waals surface area contributed by atoms with Gasteiger partial charge in [-0.1, -0.05) is 394 Å². The number of phosphoric acid groups is 2. The predicted molar refractivity (Wildman–Crippen MR) is 414 cm³/mol. The highest BCUT2D eigenvalue weighted by molar-refractivity contribution is 7.47. The lowest BCUT2D eigenvalue weighted by Gasteiger charge is -2.21. The summed E-state index contributed by atoms with van der Waals surface area (Å²) in [6.45, 7) is 5.04. The van der Waals surface area contributed by atoms with Crippen LogP contribution < -0.4 is 0 Å². The molecule has 5 atom stereocenters. The number of hydrogen-bond donors (Lipinski definition) is 3. The zero-order valence-electron chi connectivity index (χ0n) is 65.9. The summed E-state index contributed by atoms with van der Waals surface area (Å²) in [6, 6.07) is 0. The van der Waals surface area contributed by atoms with E-state index in [1.165, 1.54) is 276 Å². The van der Waals surface area contributed by atoms with Gasteiger partial charge in [0, 0.05) is 25.7 Å². The predicted octanol–water partition coefficient (Wildman–Crippen LogP) is 25.0. The average molecular weight is 1480 g/mol. The van der Waals surface area contributed by atoms with Crippen LogP contribution in [0.25, 0.3) is 0 Å². The molecule has 0 heterocycles. The maximum absolute atomic E-state index is 13.1. The monoisotopic (exact) mass is 1480 g/mol. The summed E-state index contributed by atoms with van der Waals surface area (Å²) in [6.07, 6.45) is 69.2. The first-order valence-corrected chi connectivity index (χ1v) is 45.8. The molecule has 0 spiro atoms. The van der Waals surface area contributed by atoms with Gasteiger partial charge in [-0.15, -0.1) is 0 Å². The maximum Gasteiger partial charge on any atom is 0.472 e. The molecule has 0 fully saturated rings. The minimum absolute atomic E-state index is 0.109. The summed E-state index contributed by atoms with van der Waals surface area (Å²) in [5.74, 6) is -2.10. The summed E-state index contributed by atoms with van der Waals surface area (Å²) in [4.78, 5) is 73.1. The van der Waals surface area contributed by atoms with Crippen molar-refractivity contribution in [2.24, 2.45) is 0 Å². The molecule has 0 aromatic heterocycles. The van der Waals surface area contributed by atoms with Gasteiger partial charge in [0.05, 0.1) is 26.4 Å². The Kier molecular flexibility index (Phi) is 74.8. The van der Waals surface area contributed by atoms with Crippen molar-refractivity contribution in [3.63, 3.8) is 0 Å². The third-order valence-electron chi connectivity index (χ3n) is 19.4. The topological polar surface area (TPSA) is 237 Å². The van der Waals surface area contributed by atoms with Crippen molar-refractivity contribution < 1.29 is 80.2 Å². The molecule has 0 aliphatic rings. The Balaban J connectivity index is 5.25. The third-order valence-corrected chi connectivity index (χ3v) is 21.3. The lowest BCUT2D eigenvalue weighted by atomic mass is 10.0. The molecule has 0 bridgehead atoms. The largest absolute Gasteiger partial charge is 0.472 e. The van der Waals surface area contributed by atoms with Crippen molar-refractivity contribution in [3.8, 4) is 0 Å². The zero-order valence-corrected chi connectivity index (χ0v) is 67.7. The summed E-state index contributed by atoms with van der Waals surface area (Å²) < 4.78 is 68.8. The Morgan fingerprint density at radius 3 is 0.584 bits per heavy atom. The van der Waals surface area contributed by atoms with Crippen molar-refractivity contribution >= 4 is 39.5 Å². The second-order valence-electron chi connectivity index (χ2n) is 29.5. The van der Waals surface area contributed by atoms with Gasteiger partial charge >= 0.3 is 39.5 Å². The van der Waals surface area contributed by atoms with Gasteiger partial charge in [-0.05, 0) is 25.7 Å². The first-order chi connectivity index (χ1) is 49.2. The van der Waals surface area contributed by atoms with Crippen LogP contribution in [0.2, 0.25) is 0 Å². The molecular weight excluding hydrogens is 1320 g/mol. The molecule has 0 aliphatic carbocycles. The average Bonchev–Trinajstić information content (AvgIpc) is 0.937. The number of carbonyl (C=O) groups excluding carboxylic acids is 4. The summed E-state index contributed by atoms with van der Waals surface area (Å²) in [7, 11) is -9.92. The van der Waals surface area contributed by atoms with E-state index in [9.17, 15) is 43.2 Å². The van der Waals surface area contributed by atoms with Gasteiger partial charge in [-0.25, -0.2) is 9.13 Å². The molecule has 19 heteroatoms. The molecule has 0 saturated heterocycles. The first-order valence-electron chi connectivity index (χ1n) is 42.8. The Hall–Kier alpha value is -1.94. The van der Waals surface area contributed by atoms with E-state index >= 15 is 0 Å². The van der Waals surface area contributed by atoms with Gasteiger partial charge in [-0.3, -0.25) is 37.3 Å². The van der Waals surface area contributed by atoms with E-state index in [1.807, 2.05) is 0 Å². The van der Waals surface area contributed by atoms with Crippen LogP contribution >= 0.6 is 15.6 Å². The van der Waals surface area contributed by atoms with Crippen molar-refractivity contribution in [2.45, 2.75) is 463 Å². The second kappa shape index (κ2) is 76.3. The normalized spacial score (nSPS) is 13.8. The Bertz CT molecular complexity index is 1910. The first kappa shape index (κ1) is 99.1. The van der Waals surface area contributed by atoms with Crippen molar-refractivity contribution in [3.05, 3.63) is 0 Å². The van der Waals surface area contributed by atoms with Crippen LogP contribution in [0.4, 0.5) is 0 Å². The number of unbranched alkanes of at least 4 members (excludes halogenated alkanes) is 57. The van der Waals surface area contributed by atoms with E-state index in [-0.39, 0.29) is 25.7 Å². The second-order valence-corrected chi connectivity index (χ2v) is 32.4. The van der Waals surface area contributed by atoms with Crippen LogP contribution in [0, 0.1) is 0 Å². The van der Waals surface area contributed by atoms with E-state index in [4.69, 9.17) is 37.0 Å². The molecular formula is C82H160O17P2. The Morgan fingerprint density at radius 2 is 0.396 bits per heavy atom. The van der Waals surface area contributed by atoms with Crippen LogP contribution in [0.1, 0.15) is 445 Å². The molecule has 600 valence electrons. The molecule has 0 saturated carbocycles. The maximum atomic E-state index is 13.1. The number of phosphoric ester groups is 2. The SMILES string of the molecule is CCCCCCCCCCCCCCCCCCCCC(=O)O[C@H](COC(=O)CCCCCCCCCCCCCCCCCCC)COP(=O)(O)OC[C@@H](O)COP(=O)(O)OC[C@@H](COC(=O)CCCCCCCCCCCCCCC)OC(=O)CCCCCCCCCCCCCCC. The Labute approximate surface area is 619 Å². The van der Waals surface area contributed by atoms with Gasteiger partial charge in [0.2, 0.25) is 0 Å². The van der Waals surface area contributed by atoms with Crippen molar-refractivity contribution in [1.29, 1.82) is 0 Å². The van der Waals surface area contributed by atoms with Crippen LogP contribution in [-0.2, 0) is 65.4 Å². The zero-order chi connectivity index (χ0) is 73.9. The van der Waals surface area contributed by atoms with Crippen LogP contribution in [0.3, 0.4) is 0 Å². The standard InChI is InChI=1S/C82H160O17P2/c1-5-9-13-17-21-25-29-33-35-37-39-41-45-49-53-57-61-65-69-82(87)99-78(73-93-80(85)67-63-59-55-51-47-44-40-38-36-34-30-26-22-18-14-10-6-2)75-97-101(90,91)95-71-76(83)70-94-100(88,89)96-74-77(98-81(86)68-64-60-56-52-48-43-32-28-24-20-16-12-8-4)72-92-79(84)66-62-58-54-50-46-42-31-27-23-19-15-11-7-3/h76-78,83H,5-75H2,1-4H3,(H,88,89)(H,90,91)/t76-,77+,78+/m0/s1. The molecule has 17 nitrogen and oxygen atoms in total. The van der Waals surface area contributed by atoms with Gasteiger partial charge in [0.1, 0.15) is 19.3 Å². The van der Waals surface area contributed by atoms with Crippen LogP contribution in [0.5, 0.6) is 0 Å². The van der Waals surface area contributed by atoms with E-state index in [0.717, 1.165) is 89.9 Å². The van der Waals surface area contributed by atoms with E-state index in [2.05, 4.69) is 27.7 Å². The smallest absolute Gasteiger partial charge is 0.462 e. The highest BCUT2D eigenvalue weighted by Crippen LogP contribution is 2.45. The van der Waals surface area contributed by atoms with E-state index < -0.39 is 97.5 Å². The minimum atomic E-state index is -4.96. The molecule has 0 aliphatic heterocycles. The van der Waals surface area contributed by atoms with Gasteiger partial charge in [0.15, 0.2) is 12.2 Å². The molecule has 0 amide bonds. The molecule has 0 aromatic rings. The van der Waals surface area contributed by atoms with Gasteiger partial charge in [0.25, 0.3) is 0 Å².